The van der Waals surface area contributed by atoms with Gasteiger partial charge in [0.25, 0.3) is 5.56 Å². The number of aromatic nitrogens is 4. The van der Waals surface area contributed by atoms with Crippen molar-refractivity contribution in [1.29, 1.82) is 0 Å². The standard InChI is InChI=1S/C19H14ClF4N5O/c1-10(12-3-2-11(21)6-13(12)19(22,23)24)14-7-25-16-9-28(4-5-29(14)16)15-8-26-27-18(30)17(15)20/h2-3,6-8H,1,4-5,9H2,(H,27,30). The highest BCUT2D eigenvalue weighted by Crippen LogP contribution is 2.37. The SMILES string of the molecule is C=C(c1ccc(F)cc1C(F)(F)F)c1cnc2n1CCN(c1cn[nH]c(=O)c1Cl)C2. The van der Waals surface area contributed by atoms with E-state index >= 15 is 0 Å². The number of imidazole rings is 1. The van der Waals surface area contributed by atoms with Crippen LogP contribution < -0.4 is 10.5 Å². The van der Waals surface area contributed by atoms with Crippen LogP contribution in [0.25, 0.3) is 5.57 Å². The predicted octanol–water partition coefficient (Wildman–Crippen LogP) is 3.86. The van der Waals surface area contributed by atoms with Gasteiger partial charge in [0, 0.05) is 18.7 Å². The van der Waals surface area contributed by atoms with Crippen LogP contribution in [0.4, 0.5) is 23.2 Å². The van der Waals surface area contributed by atoms with Crippen LogP contribution in [0, 0.1) is 5.82 Å². The summed E-state index contributed by atoms with van der Waals surface area (Å²) in [5, 5.41) is 5.98. The summed E-state index contributed by atoms with van der Waals surface area (Å²) < 4.78 is 55.4. The summed E-state index contributed by atoms with van der Waals surface area (Å²) in [6.07, 6.45) is -1.87. The number of hydrogen-bond donors (Lipinski definition) is 1. The fourth-order valence-electron chi connectivity index (χ4n) is 3.45. The largest absolute Gasteiger partial charge is 0.417 e. The minimum absolute atomic E-state index is 0.00392. The molecule has 1 aromatic carbocycles. The minimum atomic E-state index is -4.73. The zero-order valence-electron chi connectivity index (χ0n) is 15.3. The zero-order valence-corrected chi connectivity index (χ0v) is 16.1. The molecule has 30 heavy (non-hydrogen) atoms. The van der Waals surface area contributed by atoms with Crippen LogP contribution in [0.2, 0.25) is 5.02 Å². The lowest BCUT2D eigenvalue weighted by atomic mass is 9.98. The number of hydrogen-bond acceptors (Lipinski definition) is 4. The third-order valence-electron chi connectivity index (χ3n) is 4.90. The lowest BCUT2D eigenvalue weighted by Gasteiger charge is -2.30. The van der Waals surface area contributed by atoms with E-state index < -0.39 is 23.1 Å². The molecule has 0 amide bonds. The van der Waals surface area contributed by atoms with Crippen LogP contribution in [0.5, 0.6) is 0 Å². The lowest BCUT2D eigenvalue weighted by Crippen LogP contribution is -2.35. The Hall–Kier alpha value is -3.14. The second kappa shape index (κ2) is 7.28. The first kappa shape index (κ1) is 20.1. The third-order valence-corrected chi connectivity index (χ3v) is 5.27. The van der Waals surface area contributed by atoms with Gasteiger partial charge in [-0.15, -0.1) is 0 Å². The van der Waals surface area contributed by atoms with Crippen LogP contribution in [0.1, 0.15) is 22.6 Å². The highest BCUT2D eigenvalue weighted by molar-refractivity contribution is 6.32. The number of fused-ring (bicyclic) bond motifs is 1. The first-order valence-corrected chi connectivity index (χ1v) is 9.13. The summed E-state index contributed by atoms with van der Waals surface area (Å²) in [6, 6.07) is 2.49. The van der Waals surface area contributed by atoms with E-state index in [1.165, 1.54) is 12.4 Å². The van der Waals surface area contributed by atoms with Gasteiger partial charge in [-0.05, 0) is 17.7 Å². The van der Waals surface area contributed by atoms with E-state index in [4.69, 9.17) is 11.6 Å². The number of aromatic amines is 1. The maximum atomic E-state index is 13.4. The Labute approximate surface area is 172 Å². The number of halogens is 5. The molecule has 1 N–H and O–H groups in total. The summed E-state index contributed by atoms with van der Waals surface area (Å²) in [5.41, 5.74) is -0.902. The van der Waals surface area contributed by atoms with Crippen molar-refractivity contribution >= 4 is 22.9 Å². The van der Waals surface area contributed by atoms with Crippen LogP contribution in [0.15, 0.2) is 42.0 Å². The molecule has 6 nitrogen and oxygen atoms in total. The second-order valence-electron chi connectivity index (χ2n) is 6.70. The molecule has 2 aromatic heterocycles. The molecule has 1 aliphatic rings. The lowest BCUT2D eigenvalue weighted by molar-refractivity contribution is -0.137. The fraction of sp³-hybridized carbons (Fsp3) is 0.211. The van der Waals surface area contributed by atoms with Gasteiger partial charge in [-0.1, -0.05) is 24.2 Å². The molecular formula is C19H14ClF4N5O. The molecule has 156 valence electrons. The van der Waals surface area contributed by atoms with Gasteiger partial charge in [0.1, 0.15) is 16.7 Å². The molecule has 3 aromatic rings. The Bertz CT molecular complexity index is 1200. The molecule has 1 aliphatic heterocycles. The molecule has 4 rings (SSSR count). The monoisotopic (exact) mass is 439 g/mol. The number of nitrogens with zero attached hydrogens (tertiary/aromatic N) is 4. The van der Waals surface area contributed by atoms with Crippen LogP contribution >= 0.6 is 11.6 Å². The molecule has 0 radical (unpaired) electrons. The summed E-state index contributed by atoms with van der Waals surface area (Å²) >= 11 is 6.06. The van der Waals surface area contributed by atoms with E-state index in [0.717, 1.165) is 12.1 Å². The molecule has 0 saturated heterocycles. The van der Waals surface area contributed by atoms with Crippen molar-refractivity contribution in [2.45, 2.75) is 19.3 Å². The summed E-state index contributed by atoms with van der Waals surface area (Å²) in [4.78, 5) is 17.8. The Morgan fingerprint density at radius 3 is 2.73 bits per heavy atom. The van der Waals surface area contributed by atoms with Gasteiger partial charge in [0.15, 0.2) is 0 Å². The average Bonchev–Trinajstić information content (AvgIpc) is 3.12. The maximum Gasteiger partial charge on any atom is 0.417 e. The maximum absolute atomic E-state index is 13.4. The van der Waals surface area contributed by atoms with Crippen LogP contribution in [-0.2, 0) is 19.3 Å². The van der Waals surface area contributed by atoms with Gasteiger partial charge in [-0.2, -0.15) is 18.3 Å². The van der Waals surface area contributed by atoms with E-state index in [2.05, 4.69) is 21.8 Å². The zero-order chi connectivity index (χ0) is 21.6. The quantitative estimate of drug-likeness (QED) is 0.629. The molecule has 0 fully saturated rings. The predicted molar refractivity (Wildman–Crippen MR) is 103 cm³/mol. The molecule has 0 saturated carbocycles. The smallest absolute Gasteiger partial charge is 0.360 e. The Balaban J connectivity index is 1.68. The summed E-state index contributed by atoms with van der Waals surface area (Å²) in [6.45, 7) is 4.87. The molecule has 0 atom stereocenters. The van der Waals surface area contributed by atoms with E-state index in [9.17, 15) is 22.4 Å². The van der Waals surface area contributed by atoms with E-state index in [0.29, 0.717) is 36.4 Å². The molecule has 0 aliphatic carbocycles. The van der Waals surface area contributed by atoms with E-state index in [1.54, 1.807) is 9.47 Å². The number of H-pyrrole nitrogens is 1. The van der Waals surface area contributed by atoms with Gasteiger partial charge in [-0.3, -0.25) is 4.79 Å². The normalized spacial score (nSPS) is 14.0. The first-order valence-electron chi connectivity index (χ1n) is 8.75. The van der Waals surface area contributed by atoms with Crippen molar-refractivity contribution < 1.29 is 17.6 Å². The van der Waals surface area contributed by atoms with Gasteiger partial charge in [0.05, 0.1) is 35.9 Å². The molecule has 3 heterocycles. The van der Waals surface area contributed by atoms with Gasteiger partial charge in [-0.25, -0.2) is 14.5 Å². The van der Waals surface area contributed by atoms with Gasteiger partial charge >= 0.3 is 6.18 Å². The number of benzene rings is 1. The third kappa shape index (κ3) is 3.47. The van der Waals surface area contributed by atoms with E-state index in [1.807, 2.05) is 0 Å². The van der Waals surface area contributed by atoms with E-state index in [-0.39, 0.29) is 22.7 Å². The van der Waals surface area contributed by atoms with Crippen LogP contribution in [0.3, 0.4) is 0 Å². The fourth-order valence-corrected chi connectivity index (χ4v) is 3.66. The topological polar surface area (TPSA) is 66.8 Å². The van der Waals surface area contributed by atoms with Crippen molar-refractivity contribution in [2.75, 3.05) is 11.4 Å². The molecule has 11 heteroatoms. The molecular weight excluding hydrogens is 426 g/mol. The number of anilines is 1. The summed E-state index contributed by atoms with van der Waals surface area (Å²) in [5.74, 6) is -0.419. The highest BCUT2D eigenvalue weighted by atomic mass is 35.5. The Morgan fingerprint density at radius 2 is 2.00 bits per heavy atom. The molecule has 0 bridgehead atoms. The summed E-state index contributed by atoms with van der Waals surface area (Å²) in [7, 11) is 0. The Kier molecular flexibility index (Phi) is 4.89. The average molecular weight is 440 g/mol. The van der Waals surface area contributed by atoms with Crippen molar-refractivity contribution in [1.82, 2.24) is 19.7 Å². The molecule has 0 unspecified atom stereocenters. The van der Waals surface area contributed by atoms with Gasteiger partial charge in [0.2, 0.25) is 0 Å². The molecule has 0 spiro atoms. The Morgan fingerprint density at radius 1 is 1.23 bits per heavy atom. The van der Waals surface area contributed by atoms with Crippen molar-refractivity contribution in [3.63, 3.8) is 0 Å². The number of rotatable bonds is 3. The van der Waals surface area contributed by atoms with Crippen molar-refractivity contribution in [3.05, 3.63) is 81.0 Å². The van der Waals surface area contributed by atoms with Crippen molar-refractivity contribution in [2.24, 2.45) is 0 Å². The number of alkyl halides is 3. The van der Waals surface area contributed by atoms with Crippen molar-refractivity contribution in [3.8, 4) is 0 Å². The van der Waals surface area contributed by atoms with Gasteiger partial charge < -0.3 is 9.47 Å². The minimum Gasteiger partial charge on any atom is -0.360 e. The van der Waals surface area contributed by atoms with Crippen LogP contribution in [-0.4, -0.2) is 26.3 Å². The second-order valence-corrected chi connectivity index (χ2v) is 7.08. The number of nitrogens with one attached hydrogen (secondary N) is 1. The highest BCUT2D eigenvalue weighted by Gasteiger charge is 2.35. The first-order chi connectivity index (χ1) is 14.2.